The molecule has 108 valence electrons. The maximum atomic E-state index is 9.58. The summed E-state index contributed by atoms with van der Waals surface area (Å²) >= 11 is 0. The summed E-state index contributed by atoms with van der Waals surface area (Å²) in [5.74, 6) is 0. The van der Waals surface area contributed by atoms with E-state index in [1.165, 1.54) is 0 Å². The molecule has 1 aromatic heterocycles. The van der Waals surface area contributed by atoms with Crippen molar-refractivity contribution in [3.05, 3.63) is 17.7 Å². The predicted molar refractivity (Wildman–Crippen MR) is 75.8 cm³/mol. The molecular weight excluding hydrogens is 264 g/mol. The summed E-state index contributed by atoms with van der Waals surface area (Å²) in [5, 5.41) is 31.2. The summed E-state index contributed by atoms with van der Waals surface area (Å²) < 4.78 is 1.76. The van der Waals surface area contributed by atoms with E-state index in [4.69, 9.17) is 5.26 Å². The Hall–Kier alpha value is -2.36. The number of nitrogens with one attached hydrogen (secondary N) is 1. The van der Waals surface area contributed by atoms with Crippen molar-refractivity contribution in [2.45, 2.75) is 57.2 Å². The number of rotatable bonds is 3. The molecule has 0 amide bonds. The van der Waals surface area contributed by atoms with Crippen LogP contribution in [0.5, 0.6) is 0 Å². The lowest BCUT2D eigenvalue weighted by atomic mass is 9.79. The summed E-state index contributed by atoms with van der Waals surface area (Å²) in [7, 11) is 0. The molecule has 2 atom stereocenters. The number of hydrogen-bond donors (Lipinski definition) is 1. The van der Waals surface area contributed by atoms with Crippen LogP contribution < -0.4 is 5.32 Å². The van der Waals surface area contributed by atoms with Gasteiger partial charge in [-0.2, -0.15) is 15.8 Å². The molecule has 1 fully saturated rings. The molecule has 1 aliphatic carbocycles. The Morgan fingerprint density at radius 2 is 2.14 bits per heavy atom. The van der Waals surface area contributed by atoms with Crippen molar-refractivity contribution >= 4 is 0 Å². The first kappa shape index (κ1) is 15.0. The molecule has 6 heteroatoms. The highest BCUT2D eigenvalue weighted by molar-refractivity contribution is 5.36. The second-order valence-electron chi connectivity index (χ2n) is 5.82. The lowest BCUT2D eigenvalue weighted by Gasteiger charge is -2.38. The van der Waals surface area contributed by atoms with Gasteiger partial charge >= 0.3 is 0 Å². The van der Waals surface area contributed by atoms with Gasteiger partial charge in [-0.25, -0.2) is 4.98 Å². The molecule has 1 N–H and O–H groups in total. The molecule has 0 saturated heterocycles. The van der Waals surface area contributed by atoms with Crippen molar-refractivity contribution in [1.82, 2.24) is 14.9 Å². The number of hydrogen-bond acceptors (Lipinski definition) is 5. The molecule has 2 unspecified atom stereocenters. The molecule has 21 heavy (non-hydrogen) atoms. The minimum absolute atomic E-state index is 0.0221. The summed E-state index contributed by atoms with van der Waals surface area (Å²) in [6.45, 7) is 4.04. The van der Waals surface area contributed by atoms with Crippen LogP contribution in [-0.2, 0) is 0 Å². The average Bonchev–Trinajstić information content (AvgIpc) is 2.89. The van der Waals surface area contributed by atoms with E-state index in [1.807, 2.05) is 19.9 Å². The van der Waals surface area contributed by atoms with Crippen molar-refractivity contribution < 1.29 is 0 Å². The van der Waals surface area contributed by atoms with E-state index >= 15 is 0 Å². The summed E-state index contributed by atoms with van der Waals surface area (Å²) in [5.41, 5.74) is -0.121. The zero-order valence-electron chi connectivity index (χ0n) is 12.3. The number of nitrogens with zero attached hydrogens (tertiary/aromatic N) is 5. The number of aromatic nitrogens is 2. The fourth-order valence-electron chi connectivity index (χ4n) is 3.13. The Labute approximate surface area is 124 Å². The minimum Gasteiger partial charge on any atom is -0.318 e. The fourth-order valence-corrected chi connectivity index (χ4v) is 3.13. The molecule has 6 nitrogen and oxygen atoms in total. The monoisotopic (exact) mass is 282 g/mol. The van der Waals surface area contributed by atoms with Crippen LogP contribution in [0.3, 0.4) is 0 Å². The highest BCUT2D eigenvalue weighted by Crippen LogP contribution is 2.36. The van der Waals surface area contributed by atoms with Gasteiger partial charge in [0.15, 0.2) is 11.4 Å². The van der Waals surface area contributed by atoms with E-state index in [0.717, 1.165) is 19.3 Å². The largest absolute Gasteiger partial charge is 0.318 e. The van der Waals surface area contributed by atoms with Crippen LogP contribution in [-0.4, -0.2) is 21.1 Å². The zero-order chi connectivity index (χ0) is 15.5. The molecule has 1 heterocycles. The molecule has 0 bridgehead atoms. The SMILES string of the molecule is CC(C)NC1(C#N)CCCC(n2cnc(C#N)c2C#N)C1. The van der Waals surface area contributed by atoms with Gasteiger partial charge in [0.2, 0.25) is 0 Å². The van der Waals surface area contributed by atoms with Crippen molar-refractivity contribution in [3.8, 4) is 18.2 Å². The van der Waals surface area contributed by atoms with Gasteiger partial charge in [0, 0.05) is 12.1 Å². The van der Waals surface area contributed by atoms with E-state index in [1.54, 1.807) is 10.9 Å². The van der Waals surface area contributed by atoms with Crippen molar-refractivity contribution in [2.75, 3.05) is 0 Å². The second kappa shape index (κ2) is 5.95. The van der Waals surface area contributed by atoms with Crippen LogP contribution >= 0.6 is 0 Å². The third-order valence-corrected chi connectivity index (χ3v) is 3.90. The van der Waals surface area contributed by atoms with E-state index in [9.17, 15) is 10.5 Å². The van der Waals surface area contributed by atoms with Gasteiger partial charge in [-0.15, -0.1) is 0 Å². The maximum Gasteiger partial charge on any atom is 0.176 e. The highest BCUT2D eigenvalue weighted by atomic mass is 15.1. The van der Waals surface area contributed by atoms with E-state index in [0.29, 0.717) is 12.1 Å². The van der Waals surface area contributed by atoms with Crippen LogP contribution in [0.15, 0.2) is 6.33 Å². The van der Waals surface area contributed by atoms with Gasteiger partial charge in [0.25, 0.3) is 0 Å². The lowest BCUT2D eigenvalue weighted by Crippen LogP contribution is -2.50. The van der Waals surface area contributed by atoms with Crippen LogP contribution in [0, 0.1) is 34.0 Å². The Morgan fingerprint density at radius 1 is 1.38 bits per heavy atom. The molecule has 0 aromatic carbocycles. The third-order valence-electron chi connectivity index (χ3n) is 3.90. The summed E-state index contributed by atoms with van der Waals surface area (Å²) in [6, 6.07) is 6.65. The first-order valence-electron chi connectivity index (χ1n) is 7.11. The van der Waals surface area contributed by atoms with Crippen LogP contribution in [0.2, 0.25) is 0 Å². The molecule has 1 aromatic rings. The van der Waals surface area contributed by atoms with Crippen molar-refractivity contribution in [3.63, 3.8) is 0 Å². The molecule has 2 rings (SSSR count). The van der Waals surface area contributed by atoms with Crippen molar-refractivity contribution in [1.29, 1.82) is 15.8 Å². The van der Waals surface area contributed by atoms with Gasteiger partial charge in [-0.05, 0) is 39.5 Å². The van der Waals surface area contributed by atoms with Gasteiger partial charge in [-0.1, -0.05) is 0 Å². The molecule has 0 radical (unpaired) electrons. The van der Waals surface area contributed by atoms with Crippen LogP contribution in [0.1, 0.15) is 57.0 Å². The fraction of sp³-hybridized carbons (Fsp3) is 0.600. The average molecular weight is 282 g/mol. The Balaban J connectivity index is 2.30. The smallest absolute Gasteiger partial charge is 0.176 e. The van der Waals surface area contributed by atoms with Crippen LogP contribution in [0.4, 0.5) is 0 Å². The van der Waals surface area contributed by atoms with Crippen LogP contribution in [0.25, 0.3) is 0 Å². The quantitative estimate of drug-likeness (QED) is 0.913. The molecule has 0 spiro atoms. The topological polar surface area (TPSA) is 101 Å². The highest BCUT2D eigenvalue weighted by Gasteiger charge is 2.38. The standard InChI is InChI=1S/C15H18N6/c1-11(2)20-15(9-18)5-3-4-12(6-15)21-10-19-13(7-16)14(21)8-17/h10-12,20H,3-6H2,1-2H3. The second-order valence-corrected chi connectivity index (χ2v) is 5.82. The van der Waals surface area contributed by atoms with Gasteiger partial charge in [0.05, 0.1) is 12.4 Å². The Morgan fingerprint density at radius 3 is 2.71 bits per heavy atom. The molecular formula is C15H18N6. The minimum atomic E-state index is -0.569. The zero-order valence-corrected chi connectivity index (χ0v) is 12.3. The lowest BCUT2D eigenvalue weighted by molar-refractivity contribution is 0.218. The molecule has 0 aliphatic heterocycles. The van der Waals surface area contributed by atoms with E-state index in [2.05, 4.69) is 22.4 Å². The normalized spacial score (nSPS) is 25.0. The summed E-state index contributed by atoms with van der Waals surface area (Å²) in [6.07, 6.45) is 4.77. The maximum absolute atomic E-state index is 9.58. The van der Waals surface area contributed by atoms with E-state index in [-0.39, 0.29) is 17.8 Å². The van der Waals surface area contributed by atoms with Gasteiger partial charge in [0.1, 0.15) is 17.7 Å². The number of imidazole rings is 1. The van der Waals surface area contributed by atoms with E-state index < -0.39 is 5.54 Å². The van der Waals surface area contributed by atoms with Gasteiger partial charge in [-0.3, -0.25) is 5.32 Å². The summed E-state index contributed by atoms with van der Waals surface area (Å²) in [4.78, 5) is 3.99. The van der Waals surface area contributed by atoms with Gasteiger partial charge < -0.3 is 4.57 Å². The van der Waals surface area contributed by atoms with Crippen molar-refractivity contribution in [2.24, 2.45) is 0 Å². The Kier molecular flexibility index (Phi) is 4.26. The first-order chi connectivity index (χ1) is 10.0. The first-order valence-corrected chi connectivity index (χ1v) is 7.11. The third kappa shape index (κ3) is 2.89. The predicted octanol–water partition coefficient (Wildman–Crippen LogP) is 2.00. The number of nitriles is 3. The molecule has 1 saturated carbocycles. The Bertz CT molecular complexity index is 639. The molecule has 1 aliphatic rings.